The summed E-state index contributed by atoms with van der Waals surface area (Å²) in [4.78, 5) is 43.5. The van der Waals surface area contributed by atoms with Crippen LogP contribution in [0.1, 0.15) is 12.0 Å². The topological polar surface area (TPSA) is 107 Å². The number of likely N-dealkylation sites (tertiary alicyclic amines) is 1. The van der Waals surface area contributed by atoms with Crippen LogP contribution in [0.2, 0.25) is 5.02 Å². The Morgan fingerprint density at radius 2 is 1.92 bits per heavy atom. The number of alkyl halides is 1. The number of benzene rings is 2. The van der Waals surface area contributed by atoms with E-state index in [1.807, 2.05) is 30.3 Å². The average Bonchev–Trinajstić information content (AvgIpc) is 3.50. The highest BCUT2D eigenvalue weighted by molar-refractivity contribution is 9.09. The number of aliphatic hydroxyl groups excluding tert-OH is 1. The van der Waals surface area contributed by atoms with Gasteiger partial charge in [-0.1, -0.05) is 63.9 Å². The molecule has 200 valence electrons. The predicted octanol–water partition coefficient (Wildman–Crippen LogP) is 3.30. The van der Waals surface area contributed by atoms with Gasteiger partial charge in [0.2, 0.25) is 5.91 Å². The second-order valence-corrected chi connectivity index (χ2v) is 11.6. The summed E-state index contributed by atoms with van der Waals surface area (Å²) in [5.74, 6) is -4.21. The van der Waals surface area contributed by atoms with E-state index in [0.29, 0.717) is 10.7 Å². The molecule has 0 aliphatic carbocycles. The Kier molecular flexibility index (Phi) is 7.39. The predicted molar refractivity (Wildman–Crippen MR) is 145 cm³/mol. The molecule has 3 saturated heterocycles. The van der Waals surface area contributed by atoms with E-state index in [2.05, 4.69) is 22.5 Å². The number of anilines is 1. The van der Waals surface area contributed by atoms with Crippen molar-refractivity contribution in [2.45, 2.75) is 41.5 Å². The van der Waals surface area contributed by atoms with Crippen LogP contribution >= 0.6 is 27.5 Å². The maximum absolute atomic E-state index is 14.5. The Morgan fingerprint density at radius 1 is 1.24 bits per heavy atom. The number of amides is 2. The summed E-state index contributed by atoms with van der Waals surface area (Å²) in [6.45, 7) is 3.53. The summed E-state index contributed by atoms with van der Waals surface area (Å²) in [5, 5.41) is 21.1. The first-order valence-electron chi connectivity index (χ1n) is 12.4. The quantitative estimate of drug-likeness (QED) is 0.337. The average molecular weight is 604 g/mol. The van der Waals surface area contributed by atoms with Gasteiger partial charge >= 0.3 is 5.97 Å². The van der Waals surface area contributed by atoms with E-state index in [1.54, 1.807) is 30.3 Å². The number of aliphatic hydroxyl groups is 1. The SMILES string of the molecule is C=CCN(C(=O)C1N([C@@H](CO)Cc2ccccc2)C(=O)[C@@H]2[C@H](C(=O)O)[C@H]3OC12CC3Br)c1ccc(Cl)cc1. The summed E-state index contributed by atoms with van der Waals surface area (Å²) >= 11 is 9.64. The van der Waals surface area contributed by atoms with Gasteiger partial charge in [0.1, 0.15) is 11.6 Å². The van der Waals surface area contributed by atoms with Crippen molar-refractivity contribution in [1.29, 1.82) is 0 Å². The van der Waals surface area contributed by atoms with E-state index in [0.717, 1.165) is 5.56 Å². The largest absolute Gasteiger partial charge is 0.481 e. The van der Waals surface area contributed by atoms with Gasteiger partial charge in [-0.3, -0.25) is 14.4 Å². The van der Waals surface area contributed by atoms with Crippen LogP contribution in [-0.2, 0) is 25.5 Å². The molecule has 3 aliphatic rings. The number of rotatable bonds is 9. The first kappa shape index (κ1) is 26.9. The van der Waals surface area contributed by atoms with Crippen molar-refractivity contribution in [3.8, 4) is 0 Å². The number of carbonyl (C=O) groups is 3. The molecule has 3 unspecified atom stereocenters. The lowest BCUT2D eigenvalue weighted by Gasteiger charge is -2.39. The minimum absolute atomic E-state index is 0.145. The van der Waals surface area contributed by atoms with Crippen LogP contribution in [0, 0.1) is 11.8 Å². The maximum Gasteiger partial charge on any atom is 0.310 e. The number of carboxylic acids is 1. The van der Waals surface area contributed by atoms with Gasteiger partial charge < -0.3 is 24.7 Å². The molecular formula is C28H28BrClN2O6. The van der Waals surface area contributed by atoms with Crippen molar-refractivity contribution in [3.05, 3.63) is 77.8 Å². The molecule has 8 nitrogen and oxygen atoms in total. The molecule has 10 heteroatoms. The Bertz CT molecular complexity index is 1240. The number of nitrogens with zero attached hydrogens (tertiary/aromatic N) is 2. The molecule has 2 N–H and O–H groups in total. The van der Waals surface area contributed by atoms with Gasteiger partial charge in [-0.25, -0.2) is 0 Å². The molecule has 2 aromatic rings. The summed E-state index contributed by atoms with van der Waals surface area (Å²) < 4.78 is 6.37. The lowest BCUT2D eigenvalue weighted by molar-refractivity contribution is -0.150. The third-order valence-electron chi connectivity index (χ3n) is 7.88. The Morgan fingerprint density at radius 3 is 2.53 bits per heavy atom. The zero-order valence-corrected chi connectivity index (χ0v) is 22.8. The van der Waals surface area contributed by atoms with E-state index in [1.165, 1.54) is 9.80 Å². The van der Waals surface area contributed by atoms with Crippen LogP contribution in [0.25, 0.3) is 0 Å². The number of halogens is 2. The summed E-state index contributed by atoms with van der Waals surface area (Å²) in [5.41, 5.74) is 0.0680. The molecular weight excluding hydrogens is 576 g/mol. The lowest BCUT2D eigenvalue weighted by atomic mass is 9.70. The standard InChI is InChI=1S/C28H28BrClN2O6/c1-2-12-31(18-10-8-17(30)9-11-18)26(35)24-28-14-20(29)23(38-28)21(27(36)37)22(28)25(34)32(24)19(15-33)13-16-6-4-3-5-7-16/h2-11,19-24,33H,1,12-15H2,(H,36,37)/t19-,20?,21+,22+,23+,24?,28?/m1/s1. The van der Waals surface area contributed by atoms with Crippen LogP contribution in [-0.4, -0.2) is 74.7 Å². The number of carboxylic acid groups (broad SMARTS) is 1. The molecule has 3 aliphatic heterocycles. The van der Waals surface area contributed by atoms with Crippen molar-refractivity contribution in [1.82, 2.24) is 4.90 Å². The number of hydrogen-bond donors (Lipinski definition) is 2. The zero-order valence-electron chi connectivity index (χ0n) is 20.5. The third kappa shape index (κ3) is 4.25. The molecule has 2 bridgehead atoms. The number of aliphatic carboxylic acids is 1. The van der Waals surface area contributed by atoms with Crippen LogP contribution in [0.3, 0.4) is 0 Å². The van der Waals surface area contributed by atoms with E-state index >= 15 is 0 Å². The van der Waals surface area contributed by atoms with Crippen molar-refractivity contribution in [2.24, 2.45) is 11.8 Å². The second-order valence-electron chi connectivity index (χ2n) is 9.99. The van der Waals surface area contributed by atoms with Gasteiger partial charge in [-0.15, -0.1) is 6.58 Å². The number of hydrogen-bond acceptors (Lipinski definition) is 5. The molecule has 2 amide bonds. The monoisotopic (exact) mass is 602 g/mol. The van der Waals surface area contributed by atoms with Crippen LogP contribution in [0.15, 0.2) is 67.3 Å². The van der Waals surface area contributed by atoms with Gasteiger partial charge in [-0.05, 0) is 42.7 Å². The molecule has 3 heterocycles. The van der Waals surface area contributed by atoms with Crippen molar-refractivity contribution >= 4 is 51.0 Å². The fourth-order valence-electron chi connectivity index (χ4n) is 6.38. The van der Waals surface area contributed by atoms with Crippen LogP contribution in [0.5, 0.6) is 0 Å². The zero-order chi connectivity index (χ0) is 27.2. The van der Waals surface area contributed by atoms with Gasteiger partial charge in [0.25, 0.3) is 5.91 Å². The molecule has 7 atom stereocenters. The smallest absolute Gasteiger partial charge is 0.310 e. The molecule has 2 aromatic carbocycles. The Hall–Kier alpha value is -2.72. The van der Waals surface area contributed by atoms with E-state index < -0.39 is 60.0 Å². The Labute approximate surface area is 233 Å². The second kappa shape index (κ2) is 10.4. The first-order chi connectivity index (χ1) is 18.2. The summed E-state index contributed by atoms with van der Waals surface area (Å²) in [6.07, 6.45) is 1.41. The van der Waals surface area contributed by atoms with Crippen LogP contribution in [0.4, 0.5) is 5.69 Å². The molecule has 0 saturated carbocycles. The molecule has 5 rings (SSSR count). The molecule has 0 radical (unpaired) electrons. The fourth-order valence-corrected chi connectivity index (χ4v) is 7.45. The van der Waals surface area contributed by atoms with Crippen molar-refractivity contribution in [3.63, 3.8) is 0 Å². The number of fused-ring (bicyclic) bond motifs is 1. The van der Waals surface area contributed by atoms with Crippen molar-refractivity contribution < 1.29 is 29.3 Å². The molecule has 38 heavy (non-hydrogen) atoms. The number of carbonyl (C=O) groups excluding carboxylic acids is 2. The minimum Gasteiger partial charge on any atom is -0.481 e. The highest BCUT2D eigenvalue weighted by atomic mass is 79.9. The van der Waals surface area contributed by atoms with Gasteiger partial charge in [0, 0.05) is 22.1 Å². The van der Waals surface area contributed by atoms with Crippen molar-refractivity contribution in [2.75, 3.05) is 18.1 Å². The van der Waals surface area contributed by atoms with Gasteiger partial charge in [0.15, 0.2) is 0 Å². The maximum atomic E-state index is 14.5. The Balaban J connectivity index is 1.62. The molecule has 0 aromatic heterocycles. The normalized spacial score (nSPS) is 30.2. The van der Waals surface area contributed by atoms with E-state index in [4.69, 9.17) is 16.3 Å². The van der Waals surface area contributed by atoms with Gasteiger partial charge in [0.05, 0.1) is 30.6 Å². The highest BCUT2D eigenvalue weighted by Crippen LogP contribution is 2.60. The molecule has 3 fully saturated rings. The van der Waals surface area contributed by atoms with E-state index in [9.17, 15) is 24.6 Å². The number of ether oxygens (including phenoxy) is 1. The lowest BCUT2D eigenvalue weighted by Crippen LogP contribution is -2.59. The minimum atomic E-state index is -1.36. The third-order valence-corrected chi connectivity index (χ3v) is 8.98. The summed E-state index contributed by atoms with van der Waals surface area (Å²) in [6, 6.07) is 14.2. The molecule has 1 spiro atoms. The highest BCUT2D eigenvalue weighted by Gasteiger charge is 2.77. The van der Waals surface area contributed by atoms with E-state index in [-0.39, 0.29) is 24.2 Å². The van der Waals surface area contributed by atoms with Crippen LogP contribution < -0.4 is 4.90 Å². The first-order valence-corrected chi connectivity index (χ1v) is 13.7. The van der Waals surface area contributed by atoms with Gasteiger partial charge in [-0.2, -0.15) is 0 Å². The summed E-state index contributed by atoms with van der Waals surface area (Å²) in [7, 11) is 0. The fraction of sp³-hybridized carbons (Fsp3) is 0.393.